The van der Waals surface area contributed by atoms with Crippen molar-refractivity contribution in [1.82, 2.24) is 0 Å². The van der Waals surface area contributed by atoms with Gasteiger partial charge in [0.1, 0.15) is 0 Å². The second-order valence-corrected chi connectivity index (χ2v) is 26.0. The minimum absolute atomic E-state index is 0.629. The Balaban J connectivity index is 4.90. The van der Waals surface area contributed by atoms with E-state index in [9.17, 15) is 0 Å². The van der Waals surface area contributed by atoms with Gasteiger partial charge in [0.05, 0.1) is 0 Å². The van der Waals surface area contributed by atoms with Crippen LogP contribution in [0.5, 0.6) is 0 Å². The second-order valence-electron chi connectivity index (χ2n) is 8.96. The molecule has 0 aliphatic rings. The van der Waals surface area contributed by atoms with Crippen molar-refractivity contribution in [1.29, 1.82) is 0 Å². The second kappa shape index (κ2) is 14.2. The van der Waals surface area contributed by atoms with Gasteiger partial charge in [-0.2, -0.15) is 0 Å². The fourth-order valence-electron chi connectivity index (χ4n) is 3.08. The third-order valence-electron chi connectivity index (χ3n) is 4.74. The van der Waals surface area contributed by atoms with E-state index in [1.807, 2.05) is 0 Å². The molecule has 0 saturated heterocycles. The van der Waals surface area contributed by atoms with Gasteiger partial charge in [0.25, 0.3) is 0 Å². The maximum absolute atomic E-state index is 4.00. The van der Waals surface area contributed by atoms with Crippen molar-refractivity contribution in [3.8, 4) is 21.3 Å². The van der Waals surface area contributed by atoms with Crippen LogP contribution in [0.25, 0.3) is 0 Å². The Kier molecular flexibility index (Phi) is 14.3. The van der Waals surface area contributed by atoms with Crippen molar-refractivity contribution in [3.63, 3.8) is 0 Å². The number of unbranched alkanes of at least 4 members (excludes halogenated alkanes) is 3. The summed E-state index contributed by atoms with van der Waals surface area (Å²) in [5.41, 5.74) is 3.50. The molecule has 0 spiro atoms. The fourth-order valence-corrected chi connectivity index (χ4v) is 17.1. The Labute approximate surface area is 165 Å². The normalized spacial score (nSPS) is 12.8. The Hall–Kier alpha value is 0.136. The van der Waals surface area contributed by atoms with Gasteiger partial charge in [0, 0.05) is 0 Å². The van der Waals surface area contributed by atoms with E-state index in [2.05, 4.69) is 68.7 Å². The zero-order valence-corrected chi connectivity index (χ0v) is 22.2. The van der Waals surface area contributed by atoms with E-state index in [4.69, 9.17) is 0 Å². The molecule has 0 aliphatic heterocycles. The molecule has 0 aromatic heterocycles. The molecule has 0 radical (unpaired) electrons. The first-order valence-electron chi connectivity index (χ1n) is 10.8. The molecule has 0 saturated carbocycles. The average Bonchev–Trinajstić information content (AvgIpc) is 2.54. The molecule has 0 amide bonds. The first-order chi connectivity index (χ1) is 11.8. The van der Waals surface area contributed by atoms with E-state index in [1.54, 1.807) is 0 Å². The summed E-state index contributed by atoms with van der Waals surface area (Å²) >= 11 is -2.23. The van der Waals surface area contributed by atoms with Gasteiger partial charge >= 0.3 is 166 Å². The van der Waals surface area contributed by atoms with Crippen LogP contribution in [0.15, 0.2) is 0 Å². The van der Waals surface area contributed by atoms with Crippen molar-refractivity contribution in [2.24, 2.45) is 5.92 Å². The molecule has 2 heteroatoms. The molecule has 25 heavy (non-hydrogen) atoms. The molecule has 0 rings (SSSR count). The molecule has 0 aromatic carbocycles. The molecule has 0 aliphatic carbocycles. The van der Waals surface area contributed by atoms with E-state index < -0.39 is 26.5 Å². The van der Waals surface area contributed by atoms with Crippen LogP contribution in [0.2, 0.25) is 33.0 Å². The summed E-state index contributed by atoms with van der Waals surface area (Å²) in [6.07, 6.45) is 10.3. The van der Waals surface area contributed by atoms with Crippen molar-refractivity contribution < 1.29 is 0 Å². The zero-order valence-electron chi connectivity index (χ0n) is 18.4. The van der Waals surface area contributed by atoms with Crippen molar-refractivity contribution >= 4 is 26.5 Å². The number of hydrogen-bond donors (Lipinski definition) is 0. The zero-order chi connectivity index (χ0) is 19.2. The molecular formula is C23H44SiSn. The SMILES string of the molecule is CCC[CH2][Sn]([C]#CC[C@@H](C)CC#C[Si](C)(C)C)([CH2]CCC)[CH2]CCC. The van der Waals surface area contributed by atoms with Crippen LogP contribution in [0.1, 0.15) is 79.1 Å². The van der Waals surface area contributed by atoms with Crippen LogP contribution >= 0.6 is 0 Å². The Morgan fingerprint density at radius 1 is 0.760 bits per heavy atom. The van der Waals surface area contributed by atoms with Crippen LogP contribution in [0, 0.1) is 27.2 Å². The van der Waals surface area contributed by atoms with E-state index in [1.165, 1.54) is 51.8 Å². The van der Waals surface area contributed by atoms with Crippen LogP contribution in [0.3, 0.4) is 0 Å². The molecule has 0 heterocycles. The Morgan fingerprint density at radius 3 is 1.60 bits per heavy atom. The quantitative estimate of drug-likeness (QED) is 0.216. The summed E-state index contributed by atoms with van der Waals surface area (Å²) in [4.78, 5) is 0. The van der Waals surface area contributed by atoms with Crippen LogP contribution in [-0.4, -0.2) is 26.5 Å². The molecule has 144 valence electrons. The van der Waals surface area contributed by atoms with Crippen LogP contribution in [-0.2, 0) is 0 Å². The first-order valence-corrected chi connectivity index (χ1v) is 21.8. The summed E-state index contributed by atoms with van der Waals surface area (Å²) in [7, 11) is -1.22. The van der Waals surface area contributed by atoms with Crippen LogP contribution < -0.4 is 0 Å². The van der Waals surface area contributed by atoms with Crippen molar-refractivity contribution in [2.75, 3.05) is 0 Å². The fraction of sp³-hybridized carbons (Fsp3) is 0.826. The Bertz CT molecular complexity index is 431. The third kappa shape index (κ3) is 13.9. The van der Waals surface area contributed by atoms with Gasteiger partial charge in [-0.25, -0.2) is 0 Å². The van der Waals surface area contributed by atoms with Gasteiger partial charge in [0.2, 0.25) is 0 Å². The molecule has 0 nitrogen and oxygen atoms in total. The summed E-state index contributed by atoms with van der Waals surface area (Å²) in [6.45, 7) is 16.3. The van der Waals surface area contributed by atoms with Gasteiger partial charge in [-0.1, -0.05) is 0 Å². The molecule has 1 atom stereocenters. The summed E-state index contributed by atoms with van der Waals surface area (Å²) in [5, 5.41) is 0. The van der Waals surface area contributed by atoms with Crippen molar-refractivity contribution in [3.05, 3.63) is 0 Å². The molecule has 0 fully saturated rings. The third-order valence-corrected chi connectivity index (χ3v) is 18.9. The van der Waals surface area contributed by atoms with Gasteiger partial charge < -0.3 is 0 Å². The Morgan fingerprint density at radius 2 is 1.20 bits per heavy atom. The van der Waals surface area contributed by atoms with E-state index in [0.717, 1.165) is 12.8 Å². The predicted molar refractivity (Wildman–Crippen MR) is 122 cm³/mol. The summed E-state index contributed by atoms with van der Waals surface area (Å²) in [5.74, 6) is 7.75. The van der Waals surface area contributed by atoms with Gasteiger partial charge in [0.15, 0.2) is 0 Å². The number of rotatable bonds is 11. The molecule has 0 bridgehead atoms. The molecule has 0 unspecified atom stereocenters. The maximum atomic E-state index is 4.00. The van der Waals surface area contributed by atoms with Crippen molar-refractivity contribution in [2.45, 2.75) is 112 Å². The van der Waals surface area contributed by atoms with Gasteiger partial charge in [-0.3, -0.25) is 0 Å². The predicted octanol–water partition coefficient (Wildman–Crippen LogP) is 7.68. The van der Waals surface area contributed by atoms with E-state index >= 15 is 0 Å². The van der Waals surface area contributed by atoms with Crippen LogP contribution in [0.4, 0.5) is 0 Å². The molecule has 0 aromatic rings. The number of hydrogen-bond acceptors (Lipinski definition) is 0. The van der Waals surface area contributed by atoms with Gasteiger partial charge in [-0.05, 0) is 0 Å². The summed E-state index contributed by atoms with van der Waals surface area (Å²) in [6, 6.07) is 0. The molecular weight excluding hydrogens is 423 g/mol. The molecule has 0 N–H and O–H groups in total. The average molecular weight is 467 g/mol. The topological polar surface area (TPSA) is 0 Å². The first kappa shape index (κ1) is 25.1. The van der Waals surface area contributed by atoms with E-state index in [0.29, 0.717) is 5.92 Å². The van der Waals surface area contributed by atoms with E-state index in [-0.39, 0.29) is 0 Å². The monoisotopic (exact) mass is 468 g/mol. The standard InChI is InChI=1S/C11H17Si.3C4H9.Sn/c1-6-8-11(2)9-7-10-12(3,4)5;3*1-3-4-2;/h11H,8-9H2,2-5H3;3*1,3-4H2,2H3;/t11-;;;;/m1..../s1. The minimum atomic E-state index is -2.23. The van der Waals surface area contributed by atoms with Gasteiger partial charge in [-0.15, -0.1) is 0 Å². The summed E-state index contributed by atoms with van der Waals surface area (Å²) < 4.78 is 8.50.